The summed E-state index contributed by atoms with van der Waals surface area (Å²) in [5.74, 6) is 0.721. The summed E-state index contributed by atoms with van der Waals surface area (Å²) in [7, 11) is 0. The molecule has 0 spiro atoms. The van der Waals surface area contributed by atoms with Crippen molar-refractivity contribution < 1.29 is 0 Å². The third kappa shape index (κ3) is 3.38. The Hall–Kier alpha value is -5.80. The second kappa shape index (κ2) is 9.62. The summed E-state index contributed by atoms with van der Waals surface area (Å²) in [6.07, 6.45) is 3.59. The summed E-state index contributed by atoms with van der Waals surface area (Å²) in [5.41, 5.74) is 11.7. The molecule has 0 saturated heterocycles. The Kier molecular flexibility index (Phi) is 5.41. The van der Waals surface area contributed by atoms with Crippen LogP contribution in [-0.2, 0) is 5.41 Å². The van der Waals surface area contributed by atoms with E-state index in [4.69, 9.17) is 0 Å². The zero-order chi connectivity index (χ0) is 29.1. The summed E-state index contributed by atoms with van der Waals surface area (Å²) in [6.45, 7) is 0. The number of nitrogens with zero attached hydrogens (tertiary/aromatic N) is 3. The third-order valence-electron chi connectivity index (χ3n) is 9.18. The van der Waals surface area contributed by atoms with E-state index in [1.54, 1.807) is 12.4 Å². The quantitative estimate of drug-likeness (QED) is 0.214. The van der Waals surface area contributed by atoms with E-state index in [2.05, 4.69) is 160 Å². The van der Waals surface area contributed by atoms with Gasteiger partial charge in [-0.1, -0.05) is 121 Å². The van der Waals surface area contributed by atoms with Crippen molar-refractivity contribution in [2.24, 2.45) is 0 Å². The molecule has 3 nitrogen and oxygen atoms in total. The van der Waals surface area contributed by atoms with Gasteiger partial charge < -0.3 is 4.57 Å². The van der Waals surface area contributed by atoms with Crippen LogP contribution in [0, 0.1) is 0 Å². The van der Waals surface area contributed by atoms with Crippen LogP contribution in [0.15, 0.2) is 164 Å². The first kappa shape index (κ1) is 24.8. The van der Waals surface area contributed by atoms with Crippen LogP contribution in [0.2, 0.25) is 0 Å². The molecule has 0 atom stereocenters. The van der Waals surface area contributed by atoms with E-state index in [9.17, 15) is 0 Å². The van der Waals surface area contributed by atoms with Crippen LogP contribution in [0.25, 0.3) is 50.0 Å². The van der Waals surface area contributed by atoms with Crippen LogP contribution < -0.4 is 0 Å². The van der Waals surface area contributed by atoms with Gasteiger partial charge in [0.2, 0.25) is 0 Å². The van der Waals surface area contributed by atoms with Gasteiger partial charge in [0.25, 0.3) is 0 Å². The number of para-hydroxylation sites is 1. The Morgan fingerprint density at radius 1 is 0.500 bits per heavy atom. The first-order chi connectivity index (χ1) is 21.9. The Balaban J connectivity index is 1.45. The first-order valence-corrected chi connectivity index (χ1v) is 15.0. The highest BCUT2D eigenvalue weighted by Gasteiger charge is 2.47. The lowest BCUT2D eigenvalue weighted by Crippen LogP contribution is -2.28. The normalized spacial score (nSPS) is 13.2. The van der Waals surface area contributed by atoms with E-state index in [1.165, 1.54) is 55.2 Å². The molecule has 0 bridgehead atoms. The van der Waals surface area contributed by atoms with E-state index < -0.39 is 5.41 Å². The standard InChI is InChI=1S/C41H27N3/c1-3-14-29(15-4-1)41(30-16-5-2-6-17-30)35-21-9-7-19-32(35)33-23-24-37-38(39(33)41)34-20-8-10-22-36(34)44(37)31-18-11-13-28(27-31)40-42-25-12-26-43-40/h1-27H. The average Bonchev–Trinajstić information content (AvgIpc) is 3.60. The van der Waals surface area contributed by atoms with Gasteiger partial charge in [-0.15, -0.1) is 0 Å². The maximum absolute atomic E-state index is 4.53. The SMILES string of the molecule is c1ccc(C2(c3ccccc3)c3ccccc3-c3ccc4c(c32)c2ccccc2n4-c2cccc(-c3ncccn3)c2)cc1. The molecule has 0 N–H and O–H groups in total. The Morgan fingerprint density at radius 3 is 1.95 bits per heavy atom. The lowest BCUT2D eigenvalue weighted by molar-refractivity contribution is 0.776. The van der Waals surface area contributed by atoms with E-state index in [-0.39, 0.29) is 0 Å². The fourth-order valence-electron chi connectivity index (χ4n) is 7.51. The lowest BCUT2D eigenvalue weighted by atomic mass is 9.67. The summed E-state index contributed by atoms with van der Waals surface area (Å²) in [4.78, 5) is 9.06. The Morgan fingerprint density at radius 2 is 1.18 bits per heavy atom. The van der Waals surface area contributed by atoms with E-state index in [0.717, 1.165) is 17.1 Å². The zero-order valence-corrected chi connectivity index (χ0v) is 23.9. The van der Waals surface area contributed by atoms with Gasteiger partial charge in [-0.2, -0.15) is 0 Å². The molecule has 1 aliphatic rings. The van der Waals surface area contributed by atoms with Crippen molar-refractivity contribution in [2.45, 2.75) is 5.41 Å². The highest BCUT2D eigenvalue weighted by Crippen LogP contribution is 2.59. The second-order valence-electron chi connectivity index (χ2n) is 11.4. The molecular weight excluding hydrogens is 534 g/mol. The summed E-state index contributed by atoms with van der Waals surface area (Å²) in [6, 6.07) is 54.9. The number of hydrogen-bond donors (Lipinski definition) is 0. The molecule has 1 aliphatic carbocycles. The van der Waals surface area contributed by atoms with Gasteiger partial charge in [-0.3, -0.25) is 0 Å². The van der Waals surface area contributed by atoms with Gasteiger partial charge in [-0.05, 0) is 63.7 Å². The van der Waals surface area contributed by atoms with Gasteiger partial charge >= 0.3 is 0 Å². The van der Waals surface area contributed by atoms with Gasteiger partial charge in [-0.25, -0.2) is 9.97 Å². The molecule has 2 heterocycles. The van der Waals surface area contributed by atoms with E-state index in [1.807, 2.05) is 6.07 Å². The monoisotopic (exact) mass is 561 g/mol. The number of benzene rings is 6. The number of hydrogen-bond acceptors (Lipinski definition) is 2. The zero-order valence-electron chi connectivity index (χ0n) is 23.9. The molecule has 0 radical (unpaired) electrons. The fraction of sp³-hybridized carbons (Fsp3) is 0.0244. The van der Waals surface area contributed by atoms with Crippen molar-refractivity contribution >= 4 is 21.8 Å². The van der Waals surface area contributed by atoms with Crippen LogP contribution in [0.5, 0.6) is 0 Å². The van der Waals surface area contributed by atoms with Crippen LogP contribution in [0.3, 0.4) is 0 Å². The van der Waals surface area contributed by atoms with Crippen molar-refractivity contribution in [1.29, 1.82) is 0 Å². The molecule has 2 aromatic heterocycles. The molecule has 3 heteroatoms. The largest absolute Gasteiger partial charge is 0.309 e. The molecule has 8 aromatic rings. The third-order valence-corrected chi connectivity index (χ3v) is 9.18. The van der Waals surface area contributed by atoms with Crippen molar-refractivity contribution in [3.63, 3.8) is 0 Å². The summed E-state index contributed by atoms with van der Waals surface area (Å²) >= 11 is 0. The average molecular weight is 562 g/mol. The number of fused-ring (bicyclic) bond motifs is 7. The molecule has 9 rings (SSSR count). The summed E-state index contributed by atoms with van der Waals surface area (Å²) < 4.78 is 2.40. The minimum absolute atomic E-state index is 0.483. The van der Waals surface area contributed by atoms with E-state index in [0.29, 0.717) is 0 Å². The predicted molar refractivity (Wildman–Crippen MR) is 179 cm³/mol. The van der Waals surface area contributed by atoms with Crippen LogP contribution in [0.4, 0.5) is 0 Å². The van der Waals surface area contributed by atoms with E-state index >= 15 is 0 Å². The molecule has 6 aromatic carbocycles. The minimum Gasteiger partial charge on any atom is -0.309 e. The maximum Gasteiger partial charge on any atom is 0.159 e. The molecule has 0 unspecified atom stereocenters. The van der Waals surface area contributed by atoms with Crippen molar-refractivity contribution in [1.82, 2.24) is 14.5 Å². The highest BCUT2D eigenvalue weighted by atomic mass is 15.0. The van der Waals surface area contributed by atoms with Crippen LogP contribution in [0.1, 0.15) is 22.3 Å². The van der Waals surface area contributed by atoms with Crippen LogP contribution >= 0.6 is 0 Å². The molecule has 0 aliphatic heterocycles. The maximum atomic E-state index is 4.53. The second-order valence-corrected chi connectivity index (χ2v) is 11.4. The molecule has 0 saturated carbocycles. The van der Waals surface area contributed by atoms with Crippen LogP contribution in [-0.4, -0.2) is 14.5 Å². The van der Waals surface area contributed by atoms with Crippen molar-refractivity contribution in [3.05, 3.63) is 186 Å². The fourth-order valence-corrected chi connectivity index (χ4v) is 7.51. The Labute approximate surface area is 255 Å². The molecule has 0 amide bonds. The van der Waals surface area contributed by atoms with Gasteiger partial charge in [0.05, 0.1) is 16.4 Å². The minimum atomic E-state index is -0.483. The number of rotatable bonds is 4. The highest BCUT2D eigenvalue weighted by molar-refractivity contribution is 6.15. The molecular formula is C41H27N3. The Bertz CT molecular complexity index is 2280. The molecule has 0 fully saturated rings. The van der Waals surface area contributed by atoms with Gasteiger partial charge in [0.1, 0.15) is 0 Å². The lowest BCUT2D eigenvalue weighted by Gasteiger charge is -2.34. The van der Waals surface area contributed by atoms with Gasteiger partial charge in [0, 0.05) is 34.4 Å². The summed E-state index contributed by atoms with van der Waals surface area (Å²) in [5, 5.41) is 2.52. The smallest absolute Gasteiger partial charge is 0.159 e. The van der Waals surface area contributed by atoms with Crippen molar-refractivity contribution in [3.8, 4) is 28.2 Å². The van der Waals surface area contributed by atoms with Gasteiger partial charge in [0.15, 0.2) is 5.82 Å². The van der Waals surface area contributed by atoms with Crippen molar-refractivity contribution in [2.75, 3.05) is 0 Å². The molecule has 206 valence electrons. The first-order valence-electron chi connectivity index (χ1n) is 15.0. The molecule has 44 heavy (non-hydrogen) atoms. The topological polar surface area (TPSA) is 30.7 Å². The predicted octanol–water partition coefficient (Wildman–Crippen LogP) is 9.60. The number of aromatic nitrogens is 3.